The summed E-state index contributed by atoms with van der Waals surface area (Å²) >= 11 is 0. The van der Waals surface area contributed by atoms with Crippen LogP contribution in [0, 0.1) is 5.92 Å². The van der Waals surface area contributed by atoms with Gasteiger partial charge in [-0.3, -0.25) is 0 Å². The number of benzene rings is 1. The Hall–Kier alpha value is -1.70. The third-order valence-corrected chi connectivity index (χ3v) is 5.94. The number of aromatic nitrogens is 2. The van der Waals surface area contributed by atoms with E-state index >= 15 is 0 Å². The second-order valence-corrected chi connectivity index (χ2v) is 7.60. The maximum absolute atomic E-state index is 12.7. The monoisotopic (exact) mass is 320 g/mol. The Morgan fingerprint density at radius 3 is 2.59 bits per heavy atom. The summed E-state index contributed by atoms with van der Waals surface area (Å²) in [5, 5.41) is 0.0967. The molecule has 0 amide bonds. The number of imidazole rings is 1. The minimum absolute atomic E-state index is 0.0967. The highest BCUT2D eigenvalue weighted by molar-refractivity contribution is 7.89. The average molecular weight is 320 g/mol. The highest BCUT2D eigenvalue weighted by Crippen LogP contribution is 2.34. The lowest BCUT2D eigenvalue weighted by atomic mass is 9.89. The second-order valence-electron chi connectivity index (χ2n) is 5.71. The SMILES string of the molecule is Cn1cnc(S(=O)(=O)N2C[C@@H](CN)[C@H](c3ccccc3)C2)c1. The van der Waals surface area contributed by atoms with E-state index in [2.05, 4.69) is 4.98 Å². The Balaban J connectivity index is 1.88. The Labute approximate surface area is 130 Å². The first-order valence-electron chi connectivity index (χ1n) is 7.25. The van der Waals surface area contributed by atoms with Crippen molar-refractivity contribution in [2.75, 3.05) is 19.6 Å². The number of hydrogen-bond donors (Lipinski definition) is 1. The van der Waals surface area contributed by atoms with E-state index in [0.717, 1.165) is 5.56 Å². The van der Waals surface area contributed by atoms with E-state index in [-0.39, 0.29) is 16.9 Å². The fourth-order valence-corrected chi connectivity index (χ4v) is 4.49. The molecule has 0 unspecified atom stereocenters. The minimum Gasteiger partial charge on any atom is -0.339 e. The Bertz CT molecular complexity index is 742. The quantitative estimate of drug-likeness (QED) is 0.903. The average Bonchev–Trinajstić information content (AvgIpc) is 3.14. The molecular formula is C15H20N4O2S. The van der Waals surface area contributed by atoms with Gasteiger partial charge in [-0.1, -0.05) is 30.3 Å². The largest absolute Gasteiger partial charge is 0.339 e. The zero-order valence-corrected chi connectivity index (χ0v) is 13.3. The molecule has 2 heterocycles. The van der Waals surface area contributed by atoms with Gasteiger partial charge in [0.15, 0.2) is 5.03 Å². The molecule has 0 saturated carbocycles. The maximum atomic E-state index is 12.7. The molecule has 2 aromatic rings. The van der Waals surface area contributed by atoms with Gasteiger partial charge in [0.05, 0.1) is 6.33 Å². The summed E-state index contributed by atoms with van der Waals surface area (Å²) in [5.41, 5.74) is 7.00. The molecule has 6 nitrogen and oxygen atoms in total. The van der Waals surface area contributed by atoms with Crippen LogP contribution in [0.5, 0.6) is 0 Å². The van der Waals surface area contributed by atoms with E-state index in [4.69, 9.17) is 5.73 Å². The van der Waals surface area contributed by atoms with Crippen LogP contribution in [0.3, 0.4) is 0 Å². The smallest absolute Gasteiger partial charge is 0.262 e. The van der Waals surface area contributed by atoms with Gasteiger partial charge in [0.2, 0.25) is 0 Å². The van der Waals surface area contributed by atoms with E-state index in [1.54, 1.807) is 11.6 Å². The van der Waals surface area contributed by atoms with Crippen LogP contribution in [0.25, 0.3) is 0 Å². The third-order valence-electron chi connectivity index (χ3n) is 4.22. The van der Waals surface area contributed by atoms with Gasteiger partial charge in [0, 0.05) is 32.3 Å². The van der Waals surface area contributed by atoms with Crippen molar-refractivity contribution in [3.05, 3.63) is 48.4 Å². The highest BCUT2D eigenvalue weighted by atomic mass is 32.2. The normalized spacial score (nSPS) is 23.0. The van der Waals surface area contributed by atoms with Crippen LogP contribution < -0.4 is 5.73 Å². The molecule has 7 heteroatoms. The molecule has 118 valence electrons. The van der Waals surface area contributed by atoms with Gasteiger partial charge in [-0.2, -0.15) is 4.31 Å². The Morgan fingerprint density at radius 1 is 1.27 bits per heavy atom. The summed E-state index contributed by atoms with van der Waals surface area (Å²) in [6.07, 6.45) is 3.03. The van der Waals surface area contributed by atoms with Crippen LogP contribution >= 0.6 is 0 Å². The second kappa shape index (κ2) is 5.83. The Kier molecular flexibility index (Phi) is 4.03. The number of hydrogen-bond acceptors (Lipinski definition) is 4. The van der Waals surface area contributed by atoms with Gasteiger partial charge in [-0.05, 0) is 18.0 Å². The predicted molar refractivity (Wildman–Crippen MR) is 83.7 cm³/mol. The van der Waals surface area contributed by atoms with Gasteiger partial charge in [-0.25, -0.2) is 13.4 Å². The first-order valence-corrected chi connectivity index (χ1v) is 8.69. The van der Waals surface area contributed by atoms with E-state index < -0.39 is 10.0 Å². The first-order chi connectivity index (χ1) is 10.5. The molecule has 1 saturated heterocycles. The molecule has 0 aliphatic carbocycles. The van der Waals surface area contributed by atoms with Crippen LogP contribution in [-0.2, 0) is 17.1 Å². The summed E-state index contributed by atoms with van der Waals surface area (Å²) in [6, 6.07) is 9.96. The molecule has 0 spiro atoms. The first kappa shape index (κ1) is 15.2. The molecule has 1 aliphatic rings. The van der Waals surface area contributed by atoms with E-state index in [9.17, 15) is 8.42 Å². The van der Waals surface area contributed by atoms with Crippen molar-refractivity contribution < 1.29 is 8.42 Å². The van der Waals surface area contributed by atoms with E-state index in [1.165, 1.54) is 16.8 Å². The van der Waals surface area contributed by atoms with Crippen molar-refractivity contribution in [1.82, 2.24) is 13.9 Å². The summed E-state index contributed by atoms with van der Waals surface area (Å²) < 4.78 is 28.5. The fourth-order valence-electron chi connectivity index (χ4n) is 3.00. The number of nitrogens with zero attached hydrogens (tertiary/aromatic N) is 3. The molecule has 0 radical (unpaired) electrons. The van der Waals surface area contributed by atoms with Crippen LogP contribution in [0.2, 0.25) is 0 Å². The molecule has 22 heavy (non-hydrogen) atoms. The van der Waals surface area contributed by atoms with Gasteiger partial charge in [0.25, 0.3) is 10.0 Å². The van der Waals surface area contributed by atoms with Crippen molar-refractivity contribution in [2.45, 2.75) is 10.9 Å². The highest BCUT2D eigenvalue weighted by Gasteiger charge is 2.40. The van der Waals surface area contributed by atoms with E-state index in [0.29, 0.717) is 19.6 Å². The minimum atomic E-state index is -3.56. The van der Waals surface area contributed by atoms with Crippen molar-refractivity contribution in [3.63, 3.8) is 0 Å². The summed E-state index contributed by atoms with van der Waals surface area (Å²) in [7, 11) is -1.80. The third kappa shape index (κ3) is 2.67. The molecule has 0 bridgehead atoms. The number of rotatable bonds is 4. The maximum Gasteiger partial charge on any atom is 0.262 e. The Morgan fingerprint density at radius 2 is 2.00 bits per heavy atom. The van der Waals surface area contributed by atoms with Crippen molar-refractivity contribution in [2.24, 2.45) is 18.7 Å². The van der Waals surface area contributed by atoms with Crippen LogP contribution in [-0.4, -0.2) is 41.9 Å². The van der Waals surface area contributed by atoms with Gasteiger partial charge in [-0.15, -0.1) is 0 Å². The fraction of sp³-hybridized carbons (Fsp3) is 0.400. The summed E-state index contributed by atoms with van der Waals surface area (Å²) in [6.45, 7) is 1.35. The molecular weight excluding hydrogens is 300 g/mol. The lowest BCUT2D eigenvalue weighted by Gasteiger charge is -2.16. The van der Waals surface area contributed by atoms with Crippen molar-refractivity contribution in [1.29, 1.82) is 0 Å². The van der Waals surface area contributed by atoms with Crippen molar-refractivity contribution in [3.8, 4) is 0 Å². The van der Waals surface area contributed by atoms with Crippen LogP contribution in [0.1, 0.15) is 11.5 Å². The molecule has 2 N–H and O–H groups in total. The predicted octanol–water partition coefficient (Wildman–Crippen LogP) is 0.783. The topological polar surface area (TPSA) is 81.2 Å². The zero-order chi connectivity index (χ0) is 15.7. The molecule has 1 aromatic carbocycles. The van der Waals surface area contributed by atoms with Crippen LogP contribution in [0.4, 0.5) is 0 Å². The zero-order valence-electron chi connectivity index (χ0n) is 12.5. The van der Waals surface area contributed by atoms with Gasteiger partial charge in [0.1, 0.15) is 0 Å². The summed E-state index contributed by atoms with van der Waals surface area (Å²) in [5.74, 6) is 0.255. The molecule has 1 aromatic heterocycles. The molecule has 1 fully saturated rings. The number of nitrogens with two attached hydrogens (primary N) is 1. The standard InChI is InChI=1S/C15H20N4O2S/c1-18-10-15(17-11-18)22(20,21)19-8-13(7-16)14(9-19)12-5-3-2-4-6-12/h2-6,10-11,13-14H,7-9,16H2,1H3/t13-,14+/m1/s1. The molecule has 1 aliphatic heterocycles. The number of sulfonamides is 1. The molecule has 3 rings (SSSR count). The lowest BCUT2D eigenvalue weighted by Crippen LogP contribution is -2.30. The number of aryl methyl sites for hydroxylation is 1. The summed E-state index contributed by atoms with van der Waals surface area (Å²) in [4.78, 5) is 3.98. The van der Waals surface area contributed by atoms with Crippen LogP contribution in [0.15, 0.2) is 47.9 Å². The van der Waals surface area contributed by atoms with Gasteiger partial charge < -0.3 is 10.3 Å². The molecule has 2 atom stereocenters. The lowest BCUT2D eigenvalue weighted by molar-refractivity contribution is 0.456. The van der Waals surface area contributed by atoms with Crippen molar-refractivity contribution >= 4 is 10.0 Å². The van der Waals surface area contributed by atoms with Gasteiger partial charge >= 0.3 is 0 Å². The van der Waals surface area contributed by atoms with E-state index in [1.807, 2.05) is 30.3 Å².